The number of allylic oxidation sites excluding steroid dienone is 1. The molecule has 0 unspecified atom stereocenters. The largest absolute Gasteiger partial charge is 0.497 e. The number of ether oxygens (including phenoxy) is 1. The summed E-state index contributed by atoms with van der Waals surface area (Å²) < 4.78 is 5.14. The van der Waals surface area contributed by atoms with E-state index in [0.29, 0.717) is 0 Å². The van der Waals surface area contributed by atoms with E-state index in [1.165, 1.54) is 0 Å². The van der Waals surface area contributed by atoms with Crippen LogP contribution in [-0.2, 0) is 0 Å². The van der Waals surface area contributed by atoms with Gasteiger partial charge in [-0.3, -0.25) is 0 Å². The van der Waals surface area contributed by atoms with Crippen molar-refractivity contribution in [1.82, 2.24) is 0 Å². The first-order valence-corrected chi connectivity index (χ1v) is 4.49. The molecule has 0 atom stereocenters. The van der Waals surface area contributed by atoms with Crippen LogP contribution in [0.5, 0.6) is 5.75 Å². The highest BCUT2D eigenvalue weighted by atomic mass is 16.5. The van der Waals surface area contributed by atoms with Gasteiger partial charge in [0.05, 0.1) is 7.11 Å². The molecule has 0 saturated carbocycles. The van der Waals surface area contributed by atoms with Crippen molar-refractivity contribution in [3.63, 3.8) is 0 Å². The lowest BCUT2D eigenvalue weighted by Gasteiger charge is -2.01. The molecule has 0 N–H and O–H groups in total. The fraction of sp³-hybridized carbons (Fsp3) is 0.167. The van der Waals surface area contributed by atoms with Crippen LogP contribution in [-0.4, -0.2) is 13.3 Å². The van der Waals surface area contributed by atoms with Crippen LogP contribution in [0.15, 0.2) is 35.0 Å². The Labute approximate surface area is 83.2 Å². The molecular formula is C12H11NO. The second kappa shape index (κ2) is 3.52. The Kier molecular flexibility index (Phi) is 2.21. The normalized spacial score (nSPS) is 12.3. The van der Waals surface area contributed by atoms with Gasteiger partial charge in [0.15, 0.2) is 0 Å². The van der Waals surface area contributed by atoms with Crippen molar-refractivity contribution in [2.75, 3.05) is 7.11 Å². The summed E-state index contributed by atoms with van der Waals surface area (Å²) >= 11 is 0. The Balaban J connectivity index is 2.54. The van der Waals surface area contributed by atoms with E-state index in [9.17, 15) is 0 Å². The number of fused-ring (bicyclic) bond motifs is 1. The third-order valence-electron chi connectivity index (χ3n) is 2.13. The second-order valence-corrected chi connectivity index (χ2v) is 2.99. The minimum atomic E-state index is 0.858. The van der Waals surface area contributed by atoms with Crippen molar-refractivity contribution in [3.8, 4) is 5.75 Å². The Morgan fingerprint density at radius 3 is 3.00 bits per heavy atom. The van der Waals surface area contributed by atoms with Gasteiger partial charge < -0.3 is 4.74 Å². The van der Waals surface area contributed by atoms with E-state index in [2.05, 4.69) is 10.7 Å². The molecule has 1 aromatic carbocycles. The standard InChI is InChI=1S/C12H11NO/c1-3-4-12-11-6-5-10(14-2)7-9(11)8-13-12/h3,5-8H,1-2H3. The minimum absolute atomic E-state index is 0.858. The maximum atomic E-state index is 5.14. The van der Waals surface area contributed by atoms with Gasteiger partial charge in [-0.25, -0.2) is 4.99 Å². The first-order chi connectivity index (χ1) is 6.85. The fourth-order valence-electron chi connectivity index (χ4n) is 1.45. The molecule has 0 bridgehead atoms. The van der Waals surface area contributed by atoms with Crippen molar-refractivity contribution in [2.45, 2.75) is 6.92 Å². The molecule has 70 valence electrons. The number of methoxy groups -OCH3 is 1. The average molecular weight is 185 g/mol. The molecule has 1 aliphatic rings. The van der Waals surface area contributed by atoms with Gasteiger partial charge in [-0.15, -0.1) is 0 Å². The van der Waals surface area contributed by atoms with Crippen molar-refractivity contribution in [3.05, 3.63) is 41.1 Å². The first kappa shape index (κ1) is 8.79. The van der Waals surface area contributed by atoms with E-state index >= 15 is 0 Å². The van der Waals surface area contributed by atoms with Crippen molar-refractivity contribution in [2.24, 2.45) is 4.99 Å². The highest BCUT2D eigenvalue weighted by Crippen LogP contribution is 2.27. The number of nitrogens with zero attached hydrogens (tertiary/aromatic N) is 1. The quantitative estimate of drug-likeness (QED) is 0.616. The molecule has 0 spiro atoms. The lowest BCUT2D eigenvalue weighted by Crippen LogP contribution is -1.87. The molecule has 1 heterocycles. The van der Waals surface area contributed by atoms with E-state index in [1.807, 2.05) is 37.4 Å². The Hall–Kier alpha value is -1.79. The van der Waals surface area contributed by atoms with Gasteiger partial charge in [0.1, 0.15) is 11.4 Å². The fourth-order valence-corrected chi connectivity index (χ4v) is 1.45. The molecule has 2 rings (SSSR count). The molecule has 0 radical (unpaired) electrons. The van der Waals surface area contributed by atoms with Crippen molar-refractivity contribution < 1.29 is 4.74 Å². The molecular weight excluding hydrogens is 174 g/mol. The summed E-state index contributed by atoms with van der Waals surface area (Å²) in [5.41, 5.74) is 6.19. The lowest BCUT2D eigenvalue weighted by atomic mass is 10.1. The topological polar surface area (TPSA) is 21.6 Å². The van der Waals surface area contributed by atoms with Crippen LogP contribution in [0.25, 0.3) is 5.70 Å². The van der Waals surface area contributed by atoms with Crippen LogP contribution >= 0.6 is 0 Å². The summed E-state index contributed by atoms with van der Waals surface area (Å²) in [5, 5.41) is 0. The highest BCUT2D eigenvalue weighted by molar-refractivity contribution is 5.97. The summed E-state index contributed by atoms with van der Waals surface area (Å²) in [7, 11) is 1.66. The number of hydrogen-bond donors (Lipinski definition) is 0. The van der Waals surface area contributed by atoms with Gasteiger partial charge in [-0.05, 0) is 31.2 Å². The maximum absolute atomic E-state index is 5.14. The maximum Gasteiger partial charge on any atom is 0.119 e. The van der Waals surface area contributed by atoms with E-state index < -0.39 is 0 Å². The second-order valence-electron chi connectivity index (χ2n) is 2.99. The van der Waals surface area contributed by atoms with E-state index in [-0.39, 0.29) is 0 Å². The first-order valence-electron chi connectivity index (χ1n) is 4.49. The summed E-state index contributed by atoms with van der Waals surface area (Å²) in [5.74, 6) is 0.858. The number of aliphatic imine (C=N–C) groups is 1. The van der Waals surface area contributed by atoms with Crippen LogP contribution in [0.1, 0.15) is 18.1 Å². The highest BCUT2D eigenvalue weighted by Gasteiger charge is 2.11. The van der Waals surface area contributed by atoms with Gasteiger partial charge in [0.25, 0.3) is 0 Å². The van der Waals surface area contributed by atoms with Crippen LogP contribution in [0.4, 0.5) is 0 Å². The van der Waals surface area contributed by atoms with Gasteiger partial charge in [0.2, 0.25) is 0 Å². The van der Waals surface area contributed by atoms with Gasteiger partial charge >= 0.3 is 0 Å². The smallest absolute Gasteiger partial charge is 0.119 e. The predicted molar refractivity (Wildman–Crippen MR) is 57.8 cm³/mol. The molecule has 2 heteroatoms. The Morgan fingerprint density at radius 2 is 2.29 bits per heavy atom. The molecule has 0 aliphatic carbocycles. The Morgan fingerprint density at radius 1 is 1.43 bits per heavy atom. The monoisotopic (exact) mass is 185 g/mol. The van der Waals surface area contributed by atoms with Crippen molar-refractivity contribution >= 4 is 11.9 Å². The molecule has 0 amide bonds. The van der Waals surface area contributed by atoms with E-state index in [1.54, 1.807) is 7.11 Å². The van der Waals surface area contributed by atoms with Gasteiger partial charge in [0, 0.05) is 17.3 Å². The zero-order valence-corrected chi connectivity index (χ0v) is 8.24. The summed E-state index contributed by atoms with van der Waals surface area (Å²) in [6.07, 6.45) is 3.70. The zero-order valence-electron chi connectivity index (χ0n) is 8.24. The van der Waals surface area contributed by atoms with Crippen LogP contribution in [0.2, 0.25) is 0 Å². The van der Waals surface area contributed by atoms with Gasteiger partial charge in [-0.1, -0.05) is 5.73 Å². The van der Waals surface area contributed by atoms with Crippen LogP contribution < -0.4 is 4.74 Å². The molecule has 0 fully saturated rings. The van der Waals surface area contributed by atoms with Crippen molar-refractivity contribution in [1.29, 1.82) is 0 Å². The molecule has 14 heavy (non-hydrogen) atoms. The number of rotatable bonds is 1. The van der Waals surface area contributed by atoms with Crippen LogP contribution in [0.3, 0.4) is 0 Å². The zero-order chi connectivity index (χ0) is 9.97. The predicted octanol–water partition coefficient (Wildman–Crippen LogP) is 2.64. The SMILES string of the molecule is CC=C=C1N=Cc2cc(OC)ccc21. The average Bonchev–Trinajstić information content (AvgIpc) is 2.61. The Bertz CT molecular complexity index is 451. The molecule has 0 aromatic heterocycles. The summed E-state index contributed by atoms with van der Waals surface area (Å²) in [6, 6.07) is 5.92. The summed E-state index contributed by atoms with van der Waals surface area (Å²) in [4.78, 5) is 4.26. The minimum Gasteiger partial charge on any atom is -0.497 e. The molecule has 1 aromatic rings. The third-order valence-corrected chi connectivity index (χ3v) is 2.13. The lowest BCUT2D eigenvalue weighted by molar-refractivity contribution is 0.414. The van der Waals surface area contributed by atoms with Gasteiger partial charge in [-0.2, -0.15) is 0 Å². The van der Waals surface area contributed by atoms with Crippen LogP contribution in [0, 0.1) is 0 Å². The summed E-state index contributed by atoms with van der Waals surface area (Å²) in [6.45, 7) is 1.93. The molecule has 2 nitrogen and oxygen atoms in total. The van der Waals surface area contributed by atoms with E-state index in [0.717, 1.165) is 22.6 Å². The molecule has 1 aliphatic heterocycles. The van der Waals surface area contributed by atoms with E-state index in [4.69, 9.17) is 4.74 Å². The number of benzene rings is 1. The molecule has 0 saturated heterocycles. The third kappa shape index (κ3) is 1.36. The number of hydrogen-bond acceptors (Lipinski definition) is 2.